The Labute approximate surface area is 152 Å². The van der Waals surface area contributed by atoms with E-state index in [0.29, 0.717) is 0 Å². The third kappa shape index (κ3) is 2.34. The van der Waals surface area contributed by atoms with E-state index in [0.717, 1.165) is 27.8 Å². The summed E-state index contributed by atoms with van der Waals surface area (Å²) in [5, 5.41) is 4.53. The van der Waals surface area contributed by atoms with Gasteiger partial charge in [-0.3, -0.25) is 0 Å². The van der Waals surface area contributed by atoms with Gasteiger partial charge in [-0.1, -0.05) is 84.9 Å². The highest BCUT2D eigenvalue weighted by atomic mass is 16.7. The topological polar surface area (TPSA) is 18.5 Å². The number of hydrogen-bond donors (Lipinski definition) is 0. The van der Waals surface area contributed by atoms with Gasteiger partial charge in [0.2, 0.25) is 0 Å². The maximum Gasteiger partial charge on any atom is 0.268 e. The van der Waals surface area contributed by atoms with Crippen LogP contribution >= 0.6 is 0 Å². The van der Waals surface area contributed by atoms with Gasteiger partial charge in [-0.2, -0.15) is 0 Å². The second-order valence-corrected chi connectivity index (χ2v) is 6.71. The number of ether oxygens (including phenoxy) is 2. The molecule has 2 heteroatoms. The first-order chi connectivity index (χ1) is 12.7. The monoisotopic (exact) mass is 338 g/mol. The Hall–Kier alpha value is -3.26. The molecule has 0 fully saturated rings. The predicted molar refractivity (Wildman–Crippen MR) is 107 cm³/mol. The Morgan fingerprint density at radius 3 is 1.62 bits per heavy atom. The molecule has 0 saturated carbocycles. The summed E-state index contributed by atoms with van der Waals surface area (Å²) in [7, 11) is 0. The lowest BCUT2D eigenvalue weighted by molar-refractivity contribution is -0.0122. The molecule has 2 nitrogen and oxygen atoms in total. The fraction of sp³-hybridized carbons (Fsp3) is 0.0833. The van der Waals surface area contributed by atoms with Gasteiger partial charge < -0.3 is 9.47 Å². The van der Waals surface area contributed by atoms with Crippen molar-refractivity contribution in [1.82, 2.24) is 0 Å². The summed E-state index contributed by atoms with van der Waals surface area (Å²) in [4.78, 5) is 0. The fourth-order valence-corrected chi connectivity index (χ4v) is 3.59. The third-order valence-electron chi connectivity index (χ3n) is 4.83. The van der Waals surface area contributed by atoms with Crippen LogP contribution in [0.2, 0.25) is 0 Å². The fourth-order valence-electron chi connectivity index (χ4n) is 3.59. The van der Waals surface area contributed by atoms with E-state index in [1.807, 2.05) is 49.4 Å². The van der Waals surface area contributed by atoms with E-state index < -0.39 is 5.79 Å². The van der Waals surface area contributed by atoms with Gasteiger partial charge in [0.05, 0.1) is 0 Å². The molecule has 26 heavy (non-hydrogen) atoms. The number of benzene rings is 4. The molecule has 0 amide bonds. The van der Waals surface area contributed by atoms with E-state index in [4.69, 9.17) is 9.47 Å². The Balaban J connectivity index is 1.66. The predicted octanol–water partition coefficient (Wildman–Crippen LogP) is 6.19. The number of hydrogen-bond acceptors (Lipinski definition) is 2. The van der Waals surface area contributed by atoms with Crippen LogP contribution in [0.25, 0.3) is 27.6 Å². The summed E-state index contributed by atoms with van der Waals surface area (Å²) in [5.41, 5.74) is 1.12. The lowest BCUT2D eigenvalue weighted by atomic mass is 10.0. The van der Waals surface area contributed by atoms with Crippen LogP contribution in [0.3, 0.4) is 0 Å². The van der Waals surface area contributed by atoms with Gasteiger partial charge in [-0.25, -0.2) is 0 Å². The molecule has 0 atom stereocenters. The molecule has 0 N–H and O–H groups in total. The van der Waals surface area contributed by atoms with Gasteiger partial charge >= 0.3 is 0 Å². The van der Waals surface area contributed by atoms with Crippen molar-refractivity contribution in [2.45, 2.75) is 12.7 Å². The minimum Gasteiger partial charge on any atom is -0.444 e. The molecule has 0 saturated heterocycles. The Bertz CT molecular complexity index is 1080. The van der Waals surface area contributed by atoms with Crippen LogP contribution in [0.5, 0.6) is 11.5 Å². The molecule has 126 valence electrons. The molecule has 0 spiro atoms. The van der Waals surface area contributed by atoms with Crippen LogP contribution in [0, 0.1) is 0 Å². The minimum absolute atomic E-state index is 0.819. The summed E-state index contributed by atoms with van der Waals surface area (Å²) >= 11 is 0. The second kappa shape index (κ2) is 5.63. The van der Waals surface area contributed by atoms with Crippen molar-refractivity contribution < 1.29 is 9.47 Å². The van der Waals surface area contributed by atoms with Gasteiger partial charge in [0, 0.05) is 17.7 Å². The van der Waals surface area contributed by atoms with Crippen molar-refractivity contribution in [3.05, 3.63) is 90.5 Å². The van der Waals surface area contributed by atoms with Crippen LogP contribution in [-0.4, -0.2) is 5.79 Å². The van der Waals surface area contributed by atoms with E-state index in [2.05, 4.69) is 48.5 Å². The highest BCUT2D eigenvalue weighted by molar-refractivity contribution is 6.14. The molecule has 0 aromatic heterocycles. The summed E-state index contributed by atoms with van der Waals surface area (Å²) in [6, 6.07) is 26.8. The van der Waals surface area contributed by atoms with Gasteiger partial charge in [0.1, 0.15) is 0 Å². The molecule has 0 bridgehead atoms. The molecule has 4 aromatic rings. The van der Waals surface area contributed by atoms with Crippen molar-refractivity contribution >= 4 is 27.6 Å². The summed E-state index contributed by atoms with van der Waals surface area (Å²) in [6.07, 6.45) is 4.02. The molecule has 0 unspecified atom stereocenters. The van der Waals surface area contributed by atoms with E-state index in [9.17, 15) is 0 Å². The van der Waals surface area contributed by atoms with Gasteiger partial charge in [-0.15, -0.1) is 0 Å². The van der Waals surface area contributed by atoms with Crippen LogP contribution in [0.1, 0.15) is 12.5 Å². The SMILES string of the molecule is CC1(/C=C/c2ccccc2)Oc2c(c3ccccc3c3ccccc23)O1. The number of fused-ring (bicyclic) bond motifs is 6. The van der Waals surface area contributed by atoms with Crippen molar-refractivity contribution in [3.63, 3.8) is 0 Å². The molecule has 1 heterocycles. The van der Waals surface area contributed by atoms with Crippen molar-refractivity contribution in [2.75, 3.05) is 0 Å². The summed E-state index contributed by atoms with van der Waals surface area (Å²) < 4.78 is 12.7. The second-order valence-electron chi connectivity index (χ2n) is 6.71. The Kier molecular flexibility index (Phi) is 3.26. The third-order valence-corrected chi connectivity index (χ3v) is 4.83. The van der Waals surface area contributed by atoms with Gasteiger partial charge in [0.25, 0.3) is 5.79 Å². The maximum atomic E-state index is 6.33. The average Bonchev–Trinajstić information content (AvgIpc) is 3.06. The van der Waals surface area contributed by atoms with Crippen molar-refractivity contribution in [3.8, 4) is 11.5 Å². The Morgan fingerprint density at radius 1 is 0.615 bits per heavy atom. The summed E-state index contributed by atoms with van der Waals surface area (Å²) in [5.74, 6) is 0.810. The zero-order valence-corrected chi connectivity index (χ0v) is 14.5. The van der Waals surface area contributed by atoms with E-state index in [1.165, 1.54) is 10.8 Å². The standard InChI is InChI=1S/C24H18O2/c1-24(16-15-17-9-3-2-4-10-17)25-22-20-13-7-5-11-18(20)19-12-6-8-14-21(19)23(22)26-24/h2-16H,1H3/b16-15+. The molecule has 0 radical (unpaired) electrons. The largest absolute Gasteiger partial charge is 0.444 e. The first-order valence-corrected chi connectivity index (χ1v) is 8.79. The molecule has 5 rings (SSSR count). The smallest absolute Gasteiger partial charge is 0.268 e. The quantitative estimate of drug-likeness (QED) is 0.405. The first kappa shape index (κ1) is 15.0. The average molecular weight is 338 g/mol. The van der Waals surface area contributed by atoms with Crippen molar-refractivity contribution in [2.24, 2.45) is 0 Å². The highest BCUT2D eigenvalue weighted by Gasteiger charge is 2.37. The van der Waals surface area contributed by atoms with E-state index in [1.54, 1.807) is 0 Å². The molecule has 1 aliphatic heterocycles. The zero-order valence-electron chi connectivity index (χ0n) is 14.5. The van der Waals surface area contributed by atoms with Crippen LogP contribution < -0.4 is 9.47 Å². The highest BCUT2D eigenvalue weighted by Crippen LogP contribution is 2.50. The van der Waals surface area contributed by atoms with E-state index in [-0.39, 0.29) is 0 Å². The molecule has 4 aromatic carbocycles. The van der Waals surface area contributed by atoms with Crippen LogP contribution in [0.4, 0.5) is 0 Å². The number of rotatable bonds is 2. The lowest BCUT2D eigenvalue weighted by Gasteiger charge is -2.18. The molecular weight excluding hydrogens is 320 g/mol. The molecular formula is C24H18O2. The van der Waals surface area contributed by atoms with E-state index >= 15 is 0 Å². The van der Waals surface area contributed by atoms with Crippen LogP contribution in [-0.2, 0) is 0 Å². The van der Waals surface area contributed by atoms with Crippen LogP contribution in [0.15, 0.2) is 84.9 Å². The summed E-state index contributed by atoms with van der Waals surface area (Å²) in [6.45, 7) is 1.95. The molecule has 1 aliphatic rings. The first-order valence-electron chi connectivity index (χ1n) is 8.79. The normalized spacial score (nSPS) is 15.1. The lowest BCUT2D eigenvalue weighted by Crippen LogP contribution is -2.31. The maximum absolute atomic E-state index is 6.33. The zero-order chi connectivity index (χ0) is 17.6. The molecule has 0 aliphatic carbocycles. The Morgan fingerprint density at radius 2 is 1.08 bits per heavy atom. The van der Waals surface area contributed by atoms with Gasteiger partial charge in [-0.05, 0) is 22.4 Å². The minimum atomic E-state index is -0.828. The van der Waals surface area contributed by atoms with Crippen molar-refractivity contribution in [1.29, 1.82) is 0 Å². The van der Waals surface area contributed by atoms with Gasteiger partial charge in [0.15, 0.2) is 11.5 Å².